The van der Waals surface area contributed by atoms with Crippen LogP contribution in [0.3, 0.4) is 0 Å². The Morgan fingerprint density at radius 2 is 1.37 bits per heavy atom. The zero-order chi connectivity index (χ0) is 31.0. The van der Waals surface area contributed by atoms with Crippen molar-refractivity contribution >= 4 is 27.5 Å². The van der Waals surface area contributed by atoms with E-state index in [1.807, 2.05) is 75.4 Å². The number of hydrogen-bond donors (Lipinski definition) is 1. The minimum atomic E-state index is -4.24. The van der Waals surface area contributed by atoms with Crippen LogP contribution < -0.4 is 9.62 Å². The first-order chi connectivity index (χ1) is 20.5. The van der Waals surface area contributed by atoms with Crippen molar-refractivity contribution in [2.75, 3.05) is 10.8 Å². The van der Waals surface area contributed by atoms with E-state index in [0.29, 0.717) is 0 Å². The van der Waals surface area contributed by atoms with Crippen molar-refractivity contribution in [3.8, 4) is 0 Å². The van der Waals surface area contributed by atoms with E-state index in [0.717, 1.165) is 33.1 Å². The second-order valence-electron chi connectivity index (χ2n) is 10.7. The maximum atomic E-state index is 14.3. The van der Waals surface area contributed by atoms with Gasteiger partial charge in [-0.3, -0.25) is 13.9 Å². The van der Waals surface area contributed by atoms with Crippen LogP contribution in [0, 0.1) is 12.7 Å². The molecule has 0 aliphatic heterocycles. The van der Waals surface area contributed by atoms with Gasteiger partial charge in [-0.05, 0) is 68.3 Å². The first kappa shape index (κ1) is 31.4. The highest BCUT2D eigenvalue weighted by atomic mass is 32.2. The summed E-state index contributed by atoms with van der Waals surface area (Å²) in [6, 6.07) is 28.5. The van der Waals surface area contributed by atoms with Crippen LogP contribution in [0.4, 0.5) is 10.1 Å². The molecule has 0 heterocycles. The van der Waals surface area contributed by atoms with Crippen LogP contribution in [0.1, 0.15) is 30.5 Å². The summed E-state index contributed by atoms with van der Waals surface area (Å²) in [6.07, 6.45) is 0.221. The highest BCUT2D eigenvalue weighted by Gasteiger charge is 2.34. The number of hydrogen-bond acceptors (Lipinski definition) is 4. The molecule has 0 bridgehead atoms. The number of benzene rings is 4. The van der Waals surface area contributed by atoms with Gasteiger partial charge in [0, 0.05) is 19.0 Å². The molecule has 0 saturated heterocycles. The molecule has 2 amide bonds. The monoisotopic (exact) mass is 601 g/mol. The van der Waals surface area contributed by atoms with Gasteiger partial charge in [0.15, 0.2) is 0 Å². The van der Waals surface area contributed by atoms with Crippen LogP contribution in [0.25, 0.3) is 0 Å². The Balaban J connectivity index is 1.79. The van der Waals surface area contributed by atoms with Crippen molar-refractivity contribution in [3.05, 3.63) is 132 Å². The van der Waals surface area contributed by atoms with E-state index in [1.54, 1.807) is 18.2 Å². The lowest BCUT2D eigenvalue weighted by Gasteiger charge is -2.34. The van der Waals surface area contributed by atoms with Crippen molar-refractivity contribution in [2.24, 2.45) is 0 Å². The van der Waals surface area contributed by atoms with Gasteiger partial charge >= 0.3 is 0 Å². The molecular formula is C34H36FN3O4S. The molecule has 4 aromatic carbocycles. The Hall–Kier alpha value is -4.50. The van der Waals surface area contributed by atoms with Crippen molar-refractivity contribution in [1.82, 2.24) is 10.2 Å². The summed E-state index contributed by atoms with van der Waals surface area (Å²) < 4.78 is 42.6. The predicted octanol–water partition coefficient (Wildman–Crippen LogP) is 5.49. The number of anilines is 1. The van der Waals surface area contributed by atoms with E-state index in [-0.39, 0.29) is 35.5 Å². The van der Waals surface area contributed by atoms with E-state index < -0.39 is 34.3 Å². The third-order valence-corrected chi connectivity index (χ3v) is 8.69. The van der Waals surface area contributed by atoms with Gasteiger partial charge < -0.3 is 10.2 Å². The first-order valence-corrected chi connectivity index (χ1v) is 15.5. The third-order valence-electron chi connectivity index (χ3n) is 6.90. The highest BCUT2D eigenvalue weighted by molar-refractivity contribution is 7.92. The summed E-state index contributed by atoms with van der Waals surface area (Å²) in [6.45, 7) is 5.11. The summed E-state index contributed by atoms with van der Waals surface area (Å²) in [7, 11) is -4.24. The Kier molecular flexibility index (Phi) is 10.3. The van der Waals surface area contributed by atoms with E-state index in [9.17, 15) is 22.4 Å². The zero-order valence-corrected chi connectivity index (χ0v) is 25.3. The molecule has 1 N–H and O–H groups in total. The summed E-state index contributed by atoms with van der Waals surface area (Å²) in [4.78, 5) is 29.4. The first-order valence-electron chi connectivity index (χ1n) is 14.1. The minimum Gasteiger partial charge on any atom is -0.352 e. The lowest BCUT2D eigenvalue weighted by atomic mass is 10.0. The SMILES string of the molecule is Cc1ccc(CN(C(=O)CN(c2ccc(F)cc2)S(=O)(=O)c2ccccc2)C(Cc2ccccc2)C(=O)NC(C)C)cc1. The predicted molar refractivity (Wildman–Crippen MR) is 166 cm³/mol. The molecule has 0 aromatic heterocycles. The number of halogens is 1. The molecule has 43 heavy (non-hydrogen) atoms. The molecular weight excluding hydrogens is 565 g/mol. The number of carbonyl (C=O) groups excluding carboxylic acids is 2. The fourth-order valence-electron chi connectivity index (χ4n) is 4.68. The van der Waals surface area contributed by atoms with Crippen LogP contribution in [-0.2, 0) is 32.6 Å². The molecule has 4 rings (SSSR count). The largest absolute Gasteiger partial charge is 0.352 e. The van der Waals surface area contributed by atoms with Crippen molar-refractivity contribution in [1.29, 1.82) is 0 Å². The number of nitrogens with zero attached hydrogens (tertiary/aromatic N) is 2. The van der Waals surface area contributed by atoms with E-state index in [2.05, 4.69) is 5.32 Å². The Morgan fingerprint density at radius 3 is 1.95 bits per heavy atom. The van der Waals surface area contributed by atoms with Gasteiger partial charge in [-0.15, -0.1) is 0 Å². The minimum absolute atomic E-state index is 0.0180. The van der Waals surface area contributed by atoms with Gasteiger partial charge in [0.2, 0.25) is 11.8 Å². The number of carbonyl (C=O) groups is 2. The van der Waals surface area contributed by atoms with E-state index >= 15 is 0 Å². The second kappa shape index (κ2) is 14.1. The normalized spacial score (nSPS) is 12.0. The van der Waals surface area contributed by atoms with E-state index in [4.69, 9.17) is 0 Å². The number of aryl methyl sites for hydroxylation is 1. The van der Waals surface area contributed by atoms with Crippen LogP contribution in [0.15, 0.2) is 114 Å². The van der Waals surface area contributed by atoms with Gasteiger partial charge in [-0.25, -0.2) is 12.8 Å². The smallest absolute Gasteiger partial charge is 0.264 e. The number of rotatable bonds is 12. The van der Waals surface area contributed by atoms with Crippen molar-refractivity contribution in [2.45, 2.75) is 50.7 Å². The van der Waals surface area contributed by atoms with Crippen LogP contribution >= 0.6 is 0 Å². The zero-order valence-electron chi connectivity index (χ0n) is 24.5. The van der Waals surface area contributed by atoms with Crippen molar-refractivity contribution < 1.29 is 22.4 Å². The maximum Gasteiger partial charge on any atom is 0.264 e. The summed E-state index contributed by atoms with van der Waals surface area (Å²) in [5.74, 6) is -1.47. The average molecular weight is 602 g/mol. The fraction of sp³-hybridized carbons (Fsp3) is 0.235. The average Bonchev–Trinajstić information content (AvgIpc) is 2.99. The van der Waals surface area contributed by atoms with Crippen LogP contribution in [-0.4, -0.2) is 43.8 Å². The Morgan fingerprint density at radius 1 is 0.791 bits per heavy atom. The summed E-state index contributed by atoms with van der Waals surface area (Å²) >= 11 is 0. The molecule has 7 nitrogen and oxygen atoms in total. The van der Waals surface area contributed by atoms with Crippen molar-refractivity contribution in [3.63, 3.8) is 0 Å². The van der Waals surface area contributed by atoms with Gasteiger partial charge in [-0.2, -0.15) is 0 Å². The topological polar surface area (TPSA) is 86.8 Å². The number of nitrogens with one attached hydrogen (secondary N) is 1. The summed E-state index contributed by atoms with van der Waals surface area (Å²) in [5.41, 5.74) is 2.80. The maximum absolute atomic E-state index is 14.3. The van der Waals surface area contributed by atoms with Crippen LogP contribution in [0.5, 0.6) is 0 Å². The molecule has 0 saturated carbocycles. The lowest BCUT2D eigenvalue weighted by molar-refractivity contribution is -0.140. The second-order valence-corrected chi connectivity index (χ2v) is 12.5. The Labute approximate surface area is 253 Å². The molecule has 1 unspecified atom stereocenters. The van der Waals surface area contributed by atoms with Gasteiger partial charge in [-0.1, -0.05) is 78.4 Å². The molecule has 0 aliphatic rings. The molecule has 4 aromatic rings. The third kappa shape index (κ3) is 8.29. The van der Waals surface area contributed by atoms with Gasteiger partial charge in [0.25, 0.3) is 10.0 Å². The number of sulfonamides is 1. The standard InChI is InChI=1S/C34H36FN3O4S/c1-25(2)36-34(40)32(22-27-10-6-4-7-11-27)37(23-28-16-14-26(3)15-17-28)33(39)24-38(30-20-18-29(35)19-21-30)43(41,42)31-12-8-5-9-13-31/h4-21,25,32H,22-24H2,1-3H3,(H,36,40). The highest BCUT2D eigenvalue weighted by Crippen LogP contribution is 2.25. The molecule has 0 spiro atoms. The van der Waals surface area contributed by atoms with Gasteiger partial charge in [0.05, 0.1) is 10.6 Å². The molecule has 0 fully saturated rings. The van der Waals surface area contributed by atoms with Gasteiger partial charge in [0.1, 0.15) is 18.4 Å². The molecule has 9 heteroatoms. The Bertz CT molecular complexity index is 1610. The molecule has 224 valence electrons. The molecule has 1 atom stereocenters. The molecule has 0 radical (unpaired) electrons. The number of amides is 2. The van der Waals surface area contributed by atoms with E-state index in [1.165, 1.54) is 29.2 Å². The fourth-order valence-corrected chi connectivity index (χ4v) is 6.12. The lowest BCUT2D eigenvalue weighted by Crippen LogP contribution is -2.54. The van der Waals surface area contributed by atoms with Crippen LogP contribution in [0.2, 0.25) is 0 Å². The quantitative estimate of drug-likeness (QED) is 0.233. The molecule has 0 aliphatic carbocycles. The summed E-state index contributed by atoms with van der Waals surface area (Å²) in [5, 5.41) is 2.93.